The number of aromatic nitrogens is 2. The smallest absolute Gasteiger partial charge is 0.222 e. The Morgan fingerprint density at radius 1 is 1.24 bits per heavy atom. The summed E-state index contributed by atoms with van der Waals surface area (Å²) >= 11 is 0. The van der Waals surface area contributed by atoms with Crippen LogP contribution in [0.2, 0.25) is 0 Å². The van der Waals surface area contributed by atoms with Crippen LogP contribution in [0, 0.1) is 12.8 Å². The van der Waals surface area contributed by atoms with Gasteiger partial charge in [0.2, 0.25) is 5.95 Å². The average molecular weight is 232 g/mol. The Hall–Kier alpha value is -1.32. The number of nitrogen functional groups attached to an aromatic ring is 1. The predicted octanol–water partition coefficient (Wildman–Crippen LogP) is 2.14. The van der Waals surface area contributed by atoms with Gasteiger partial charge in [-0.25, -0.2) is 4.98 Å². The Morgan fingerprint density at radius 2 is 2.06 bits per heavy atom. The number of nitrogens with zero attached hydrogens (tertiary/aromatic N) is 3. The molecule has 1 aromatic rings. The fraction of sp³-hybridized carbons (Fsp3) is 0.692. The van der Waals surface area contributed by atoms with Gasteiger partial charge >= 0.3 is 0 Å². The zero-order valence-corrected chi connectivity index (χ0v) is 10.4. The molecule has 0 radical (unpaired) electrons. The van der Waals surface area contributed by atoms with Crippen LogP contribution in [-0.4, -0.2) is 22.6 Å². The van der Waals surface area contributed by atoms with E-state index >= 15 is 0 Å². The van der Waals surface area contributed by atoms with E-state index in [1.807, 2.05) is 6.92 Å². The maximum absolute atomic E-state index is 5.75. The molecule has 2 atom stereocenters. The topological polar surface area (TPSA) is 55.0 Å². The van der Waals surface area contributed by atoms with Gasteiger partial charge in [0.25, 0.3) is 0 Å². The van der Waals surface area contributed by atoms with E-state index in [2.05, 4.69) is 20.9 Å². The highest BCUT2D eigenvalue weighted by atomic mass is 15.3. The van der Waals surface area contributed by atoms with Gasteiger partial charge in [-0.2, -0.15) is 4.98 Å². The normalized spacial score (nSPS) is 28.2. The molecule has 2 heterocycles. The van der Waals surface area contributed by atoms with E-state index in [9.17, 15) is 0 Å². The predicted molar refractivity (Wildman–Crippen MR) is 68.9 cm³/mol. The van der Waals surface area contributed by atoms with Gasteiger partial charge < -0.3 is 10.6 Å². The molecule has 2 fully saturated rings. The molecule has 1 aromatic heterocycles. The van der Waals surface area contributed by atoms with Crippen molar-refractivity contribution in [1.29, 1.82) is 0 Å². The van der Waals surface area contributed by atoms with Crippen molar-refractivity contribution in [2.45, 2.75) is 45.1 Å². The minimum atomic E-state index is 0.402. The number of hydrogen-bond acceptors (Lipinski definition) is 4. The van der Waals surface area contributed by atoms with E-state index in [1.165, 1.54) is 32.1 Å². The number of anilines is 2. The first-order chi connectivity index (χ1) is 8.24. The van der Waals surface area contributed by atoms with Crippen molar-refractivity contribution < 1.29 is 0 Å². The largest absolute Gasteiger partial charge is 0.368 e. The molecule has 0 bridgehead atoms. The minimum absolute atomic E-state index is 0.402. The number of hydrogen-bond donors (Lipinski definition) is 1. The van der Waals surface area contributed by atoms with Crippen LogP contribution in [0.4, 0.5) is 11.8 Å². The van der Waals surface area contributed by atoms with Crippen LogP contribution in [0.3, 0.4) is 0 Å². The summed E-state index contributed by atoms with van der Waals surface area (Å²) in [6, 6.07) is 2.75. The molecular formula is C13H20N4. The molecule has 2 unspecified atom stereocenters. The first kappa shape index (κ1) is 10.8. The van der Waals surface area contributed by atoms with Gasteiger partial charge in [-0.1, -0.05) is 12.8 Å². The number of fused-ring (bicyclic) bond motifs is 1. The van der Waals surface area contributed by atoms with Crippen molar-refractivity contribution in [1.82, 2.24) is 9.97 Å². The lowest BCUT2D eigenvalue weighted by Gasteiger charge is -2.32. The summed E-state index contributed by atoms with van der Waals surface area (Å²) in [6.07, 6.45) is 6.78. The van der Waals surface area contributed by atoms with Crippen LogP contribution >= 0.6 is 0 Å². The van der Waals surface area contributed by atoms with Gasteiger partial charge in [-0.05, 0) is 32.1 Å². The van der Waals surface area contributed by atoms with Crippen molar-refractivity contribution in [3.8, 4) is 0 Å². The second kappa shape index (κ2) is 4.17. The quantitative estimate of drug-likeness (QED) is 0.806. The average Bonchev–Trinajstić information content (AvgIpc) is 2.71. The lowest BCUT2D eigenvalue weighted by molar-refractivity contribution is 0.341. The molecule has 2 N–H and O–H groups in total. The monoisotopic (exact) mass is 232 g/mol. The molecule has 1 saturated carbocycles. The van der Waals surface area contributed by atoms with Gasteiger partial charge in [0.15, 0.2) is 0 Å². The fourth-order valence-electron chi connectivity index (χ4n) is 3.41. The summed E-state index contributed by atoms with van der Waals surface area (Å²) in [6.45, 7) is 3.11. The second-order valence-electron chi connectivity index (χ2n) is 5.32. The summed E-state index contributed by atoms with van der Waals surface area (Å²) < 4.78 is 0. The Bertz CT molecular complexity index is 398. The van der Waals surface area contributed by atoms with Crippen LogP contribution in [-0.2, 0) is 0 Å². The molecule has 4 heteroatoms. The SMILES string of the molecule is Cc1cc(N2CCC3CCCCC32)nc(N)n1. The molecule has 92 valence electrons. The van der Waals surface area contributed by atoms with Crippen LogP contribution in [0.25, 0.3) is 0 Å². The van der Waals surface area contributed by atoms with Crippen molar-refractivity contribution >= 4 is 11.8 Å². The van der Waals surface area contributed by atoms with E-state index in [1.54, 1.807) is 0 Å². The van der Waals surface area contributed by atoms with E-state index in [0.29, 0.717) is 12.0 Å². The lowest BCUT2D eigenvalue weighted by Crippen LogP contribution is -2.35. The zero-order valence-electron chi connectivity index (χ0n) is 10.4. The zero-order chi connectivity index (χ0) is 11.8. The molecule has 0 amide bonds. The Kier molecular flexibility index (Phi) is 2.65. The summed E-state index contributed by atoms with van der Waals surface area (Å²) in [5.41, 5.74) is 6.71. The molecule has 1 saturated heterocycles. The van der Waals surface area contributed by atoms with E-state index < -0.39 is 0 Å². The standard InChI is InChI=1S/C13H20N4/c1-9-8-12(16-13(14)15-9)17-7-6-10-4-2-3-5-11(10)17/h8,10-11H,2-7H2,1H3,(H2,14,15,16). The Morgan fingerprint density at radius 3 is 2.88 bits per heavy atom. The Balaban J connectivity index is 1.88. The summed E-state index contributed by atoms with van der Waals surface area (Å²) in [5, 5.41) is 0. The molecule has 0 spiro atoms. The first-order valence-corrected chi connectivity index (χ1v) is 6.62. The molecular weight excluding hydrogens is 212 g/mol. The fourth-order valence-corrected chi connectivity index (χ4v) is 3.41. The van der Waals surface area contributed by atoms with Gasteiger partial charge in [0, 0.05) is 24.3 Å². The molecule has 2 aliphatic rings. The van der Waals surface area contributed by atoms with E-state index in [-0.39, 0.29) is 0 Å². The molecule has 4 nitrogen and oxygen atoms in total. The van der Waals surface area contributed by atoms with Gasteiger partial charge in [-0.15, -0.1) is 0 Å². The molecule has 1 aliphatic carbocycles. The van der Waals surface area contributed by atoms with Crippen LogP contribution < -0.4 is 10.6 Å². The summed E-state index contributed by atoms with van der Waals surface area (Å²) in [7, 11) is 0. The number of rotatable bonds is 1. The van der Waals surface area contributed by atoms with Crippen LogP contribution in [0.1, 0.15) is 37.8 Å². The number of nitrogens with two attached hydrogens (primary N) is 1. The third-order valence-electron chi connectivity index (χ3n) is 4.16. The third-order valence-corrected chi connectivity index (χ3v) is 4.16. The second-order valence-corrected chi connectivity index (χ2v) is 5.32. The van der Waals surface area contributed by atoms with Crippen molar-refractivity contribution in [3.63, 3.8) is 0 Å². The number of aryl methyl sites for hydroxylation is 1. The maximum atomic E-state index is 5.75. The first-order valence-electron chi connectivity index (χ1n) is 6.62. The highest BCUT2D eigenvalue weighted by Gasteiger charge is 2.36. The van der Waals surface area contributed by atoms with E-state index in [0.717, 1.165) is 24.0 Å². The summed E-state index contributed by atoms with van der Waals surface area (Å²) in [4.78, 5) is 11.0. The lowest BCUT2D eigenvalue weighted by atomic mass is 9.85. The summed E-state index contributed by atoms with van der Waals surface area (Å²) in [5.74, 6) is 2.31. The minimum Gasteiger partial charge on any atom is -0.368 e. The Labute approximate surface area is 102 Å². The molecule has 0 aromatic carbocycles. The maximum Gasteiger partial charge on any atom is 0.222 e. The van der Waals surface area contributed by atoms with Crippen molar-refractivity contribution in [3.05, 3.63) is 11.8 Å². The highest BCUT2D eigenvalue weighted by Crippen LogP contribution is 2.38. The van der Waals surface area contributed by atoms with Gasteiger partial charge in [0.1, 0.15) is 5.82 Å². The molecule has 17 heavy (non-hydrogen) atoms. The third kappa shape index (κ3) is 1.96. The van der Waals surface area contributed by atoms with Crippen molar-refractivity contribution in [2.24, 2.45) is 5.92 Å². The van der Waals surface area contributed by atoms with Crippen LogP contribution in [0.5, 0.6) is 0 Å². The van der Waals surface area contributed by atoms with Gasteiger partial charge in [0.05, 0.1) is 0 Å². The van der Waals surface area contributed by atoms with E-state index in [4.69, 9.17) is 5.73 Å². The van der Waals surface area contributed by atoms with Gasteiger partial charge in [-0.3, -0.25) is 0 Å². The van der Waals surface area contributed by atoms with Crippen molar-refractivity contribution in [2.75, 3.05) is 17.2 Å². The molecule has 3 rings (SSSR count). The highest BCUT2D eigenvalue weighted by molar-refractivity contribution is 5.45. The molecule has 1 aliphatic heterocycles. The van der Waals surface area contributed by atoms with Crippen LogP contribution in [0.15, 0.2) is 6.07 Å².